The van der Waals surface area contributed by atoms with Gasteiger partial charge in [-0.05, 0) is 37.0 Å². The van der Waals surface area contributed by atoms with Gasteiger partial charge in [-0.3, -0.25) is 0 Å². The van der Waals surface area contributed by atoms with E-state index >= 15 is 0 Å². The highest BCUT2D eigenvalue weighted by molar-refractivity contribution is 9.10. The maximum absolute atomic E-state index is 5.86. The lowest BCUT2D eigenvalue weighted by atomic mass is 10.1. The van der Waals surface area contributed by atoms with Crippen molar-refractivity contribution in [3.05, 3.63) is 44.4 Å². The van der Waals surface area contributed by atoms with E-state index in [0.717, 1.165) is 6.42 Å². The van der Waals surface area contributed by atoms with E-state index in [1.54, 1.807) is 11.3 Å². The molecule has 0 saturated heterocycles. The lowest BCUT2D eigenvalue weighted by molar-refractivity contribution is 1.01. The number of aryl methyl sites for hydroxylation is 1. The summed E-state index contributed by atoms with van der Waals surface area (Å²) in [5.74, 6) is 0.665. The summed E-state index contributed by atoms with van der Waals surface area (Å²) in [6.07, 6.45) is 3.47. The second-order valence-electron chi connectivity index (χ2n) is 4.91. The lowest BCUT2D eigenvalue weighted by Crippen LogP contribution is -1.92. The van der Waals surface area contributed by atoms with E-state index < -0.39 is 0 Å². The number of hydrogen-bond donors (Lipinski definition) is 1. The standard InChI is InChI=1S/C14H15BrN2S/c1-8-2-3-10(11(15)6-8)7-12-13(9-4-5-9)17-14(16)18-12/h2-3,6,9H,4-5,7H2,1H3,(H2,16,17). The Labute approximate surface area is 119 Å². The van der Waals surface area contributed by atoms with Gasteiger partial charge >= 0.3 is 0 Å². The van der Waals surface area contributed by atoms with Gasteiger partial charge in [0.15, 0.2) is 5.13 Å². The van der Waals surface area contributed by atoms with Crippen LogP contribution >= 0.6 is 27.3 Å². The molecule has 0 bridgehead atoms. The van der Waals surface area contributed by atoms with Crippen LogP contribution in [0.25, 0.3) is 0 Å². The molecule has 1 fully saturated rings. The second kappa shape index (κ2) is 4.67. The first-order valence-corrected chi connectivity index (χ1v) is 7.74. The van der Waals surface area contributed by atoms with E-state index in [9.17, 15) is 0 Å². The molecule has 3 rings (SSSR count). The van der Waals surface area contributed by atoms with Crippen LogP contribution in [0.5, 0.6) is 0 Å². The quantitative estimate of drug-likeness (QED) is 0.916. The summed E-state index contributed by atoms with van der Waals surface area (Å²) < 4.78 is 1.18. The van der Waals surface area contributed by atoms with Crippen LogP contribution in [0.4, 0.5) is 5.13 Å². The van der Waals surface area contributed by atoms with Gasteiger partial charge in [0.25, 0.3) is 0 Å². The predicted molar refractivity (Wildman–Crippen MR) is 80.2 cm³/mol. The summed E-state index contributed by atoms with van der Waals surface area (Å²) in [6, 6.07) is 6.50. The highest BCUT2D eigenvalue weighted by Crippen LogP contribution is 2.44. The molecule has 2 N–H and O–H groups in total. The Kier molecular flexibility index (Phi) is 3.16. The molecule has 0 amide bonds. The largest absolute Gasteiger partial charge is 0.375 e. The molecule has 1 aromatic carbocycles. The molecule has 2 nitrogen and oxygen atoms in total. The van der Waals surface area contributed by atoms with Gasteiger partial charge in [0.2, 0.25) is 0 Å². The zero-order chi connectivity index (χ0) is 12.7. The minimum absolute atomic E-state index is 0.665. The summed E-state index contributed by atoms with van der Waals surface area (Å²) in [4.78, 5) is 5.83. The van der Waals surface area contributed by atoms with Gasteiger partial charge in [0.1, 0.15) is 0 Å². The Balaban J connectivity index is 1.91. The molecule has 0 atom stereocenters. The SMILES string of the molecule is Cc1ccc(Cc2sc(N)nc2C2CC2)c(Br)c1. The van der Waals surface area contributed by atoms with Crippen molar-refractivity contribution in [2.45, 2.75) is 32.1 Å². The van der Waals surface area contributed by atoms with Crippen LogP contribution in [-0.2, 0) is 6.42 Å². The summed E-state index contributed by atoms with van der Waals surface area (Å²) in [6.45, 7) is 2.11. The zero-order valence-corrected chi connectivity index (χ0v) is 12.6. The first-order valence-electron chi connectivity index (χ1n) is 6.13. The van der Waals surface area contributed by atoms with E-state index in [-0.39, 0.29) is 0 Å². The third-order valence-corrected chi connectivity index (χ3v) is 4.91. The molecule has 1 heterocycles. The first-order chi connectivity index (χ1) is 8.63. The monoisotopic (exact) mass is 322 g/mol. The number of nitrogens with zero attached hydrogens (tertiary/aromatic N) is 1. The summed E-state index contributed by atoms with van der Waals surface area (Å²) >= 11 is 5.28. The normalized spacial score (nSPS) is 15.0. The number of thiazole rings is 1. The number of nitrogens with two attached hydrogens (primary N) is 1. The van der Waals surface area contributed by atoms with Crippen molar-refractivity contribution < 1.29 is 0 Å². The van der Waals surface area contributed by atoms with Gasteiger partial charge in [-0.15, -0.1) is 11.3 Å². The maximum atomic E-state index is 5.86. The van der Waals surface area contributed by atoms with Gasteiger partial charge < -0.3 is 5.73 Å². The number of hydrogen-bond acceptors (Lipinski definition) is 3. The Hall–Kier alpha value is -0.870. The van der Waals surface area contributed by atoms with E-state index in [4.69, 9.17) is 5.73 Å². The van der Waals surface area contributed by atoms with Gasteiger partial charge in [-0.2, -0.15) is 0 Å². The van der Waals surface area contributed by atoms with Crippen LogP contribution < -0.4 is 5.73 Å². The zero-order valence-electron chi connectivity index (χ0n) is 10.2. The molecular formula is C14H15BrN2S. The fourth-order valence-corrected chi connectivity index (χ4v) is 3.73. The van der Waals surface area contributed by atoms with Crippen LogP contribution in [0.3, 0.4) is 0 Å². The molecule has 94 valence electrons. The Bertz CT molecular complexity index is 587. The fourth-order valence-electron chi connectivity index (χ4n) is 2.15. The highest BCUT2D eigenvalue weighted by Gasteiger charge is 2.29. The Morgan fingerprint density at radius 1 is 1.44 bits per heavy atom. The first kappa shape index (κ1) is 12.2. The Morgan fingerprint density at radius 2 is 2.22 bits per heavy atom. The highest BCUT2D eigenvalue weighted by atomic mass is 79.9. The van der Waals surface area contributed by atoms with Crippen LogP contribution in [0.2, 0.25) is 0 Å². The maximum Gasteiger partial charge on any atom is 0.180 e. The van der Waals surface area contributed by atoms with Gasteiger partial charge in [-0.1, -0.05) is 28.1 Å². The number of halogens is 1. The summed E-state index contributed by atoms with van der Waals surface area (Å²) in [5.41, 5.74) is 9.68. The number of benzene rings is 1. The van der Waals surface area contributed by atoms with Crippen LogP contribution in [0.15, 0.2) is 22.7 Å². The minimum Gasteiger partial charge on any atom is -0.375 e. The van der Waals surface area contributed by atoms with E-state index in [1.807, 2.05) is 0 Å². The fraction of sp³-hybridized carbons (Fsp3) is 0.357. The number of rotatable bonds is 3. The average molecular weight is 323 g/mol. The molecular weight excluding hydrogens is 308 g/mol. The molecule has 1 aromatic heterocycles. The third kappa shape index (κ3) is 2.45. The number of anilines is 1. The smallest absolute Gasteiger partial charge is 0.180 e. The lowest BCUT2D eigenvalue weighted by Gasteiger charge is -2.05. The molecule has 0 radical (unpaired) electrons. The van der Waals surface area contributed by atoms with Crippen molar-refractivity contribution in [3.63, 3.8) is 0 Å². The minimum atomic E-state index is 0.665. The molecule has 1 saturated carbocycles. The third-order valence-electron chi connectivity index (χ3n) is 3.27. The molecule has 0 aliphatic heterocycles. The average Bonchev–Trinajstić information content (AvgIpc) is 3.08. The Morgan fingerprint density at radius 3 is 2.89 bits per heavy atom. The second-order valence-corrected chi connectivity index (χ2v) is 6.88. The van der Waals surface area contributed by atoms with Crippen LogP contribution in [-0.4, -0.2) is 4.98 Å². The van der Waals surface area contributed by atoms with E-state index in [2.05, 4.69) is 46.0 Å². The van der Waals surface area contributed by atoms with Gasteiger partial charge in [0, 0.05) is 21.7 Å². The van der Waals surface area contributed by atoms with Crippen molar-refractivity contribution >= 4 is 32.4 Å². The molecule has 2 aromatic rings. The molecule has 0 unspecified atom stereocenters. The van der Waals surface area contributed by atoms with Crippen LogP contribution in [0.1, 0.15) is 40.5 Å². The molecule has 18 heavy (non-hydrogen) atoms. The topological polar surface area (TPSA) is 38.9 Å². The van der Waals surface area contributed by atoms with Crippen LogP contribution in [0, 0.1) is 6.92 Å². The molecule has 4 heteroatoms. The van der Waals surface area contributed by atoms with E-state index in [1.165, 1.54) is 39.0 Å². The summed E-state index contributed by atoms with van der Waals surface area (Å²) in [7, 11) is 0. The molecule has 1 aliphatic carbocycles. The number of aromatic nitrogens is 1. The number of nitrogen functional groups attached to an aromatic ring is 1. The summed E-state index contributed by atoms with van der Waals surface area (Å²) in [5, 5.41) is 0.704. The predicted octanol–water partition coefficient (Wildman–Crippen LogP) is 4.26. The van der Waals surface area contributed by atoms with Gasteiger partial charge in [-0.25, -0.2) is 4.98 Å². The van der Waals surface area contributed by atoms with Gasteiger partial charge in [0.05, 0.1) is 5.69 Å². The molecule has 0 spiro atoms. The van der Waals surface area contributed by atoms with Crippen molar-refractivity contribution in [1.82, 2.24) is 4.98 Å². The molecule has 1 aliphatic rings. The van der Waals surface area contributed by atoms with Crippen molar-refractivity contribution in [2.24, 2.45) is 0 Å². The van der Waals surface area contributed by atoms with Crippen molar-refractivity contribution in [3.8, 4) is 0 Å². The van der Waals surface area contributed by atoms with Crippen molar-refractivity contribution in [2.75, 3.05) is 5.73 Å². The van der Waals surface area contributed by atoms with Crippen molar-refractivity contribution in [1.29, 1.82) is 0 Å². The van der Waals surface area contributed by atoms with E-state index in [0.29, 0.717) is 11.0 Å².